The van der Waals surface area contributed by atoms with E-state index in [4.69, 9.17) is 17.0 Å². The van der Waals surface area contributed by atoms with Crippen LogP contribution in [0.1, 0.15) is 36.5 Å². The van der Waals surface area contributed by atoms with E-state index in [1.165, 1.54) is 21.2 Å². The number of ether oxygens (including phenoxy) is 1. The molecule has 1 aromatic rings. The quantitative estimate of drug-likeness (QED) is 0.262. The molecular formula is C23H26N4O4S2. The first-order valence-electron chi connectivity index (χ1n) is 10.7. The smallest absolute Gasteiger partial charge is 0.310 e. The molecule has 1 aromatic heterocycles. The van der Waals surface area contributed by atoms with Gasteiger partial charge in [0, 0.05) is 32.2 Å². The lowest BCUT2D eigenvalue weighted by Crippen LogP contribution is -2.42. The fourth-order valence-electron chi connectivity index (χ4n) is 4.13. The molecule has 0 aromatic carbocycles. The first-order chi connectivity index (χ1) is 15.7. The summed E-state index contributed by atoms with van der Waals surface area (Å²) in [5.74, 6) is -0.252. The Kier molecular flexibility index (Phi) is 7.76. The molecule has 1 atom stereocenters. The fraction of sp³-hybridized carbons (Fsp3) is 0.435. The minimum atomic E-state index is -0.417. The number of aromatic nitrogens is 1. The molecule has 2 aliphatic rings. The molecule has 0 bridgehead atoms. The monoisotopic (exact) mass is 486 g/mol. The van der Waals surface area contributed by atoms with Crippen molar-refractivity contribution in [3.63, 3.8) is 0 Å². The fourth-order valence-corrected chi connectivity index (χ4v) is 5.39. The Bertz CT molecular complexity index is 1150. The molecule has 2 aliphatic heterocycles. The molecule has 174 valence electrons. The Balaban J connectivity index is 2.14. The van der Waals surface area contributed by atoms with Gasteiger partial charge in [-0.15, -0.1) is 6.58 Å². The summed E-state index contributed by atoms with van der Waals surface area (Å²) < 4.78 is 7.07. The molecule has 0 N–H and O–H groups in total. The van der Waals surface area contributed by atoms with Gasteiger partial charge in [0.25, 0.3) is 11.5 Å². The van der Waals surface area contributed by atoms with Gasteiger partial charge < -0.3 is 9.64 Å². The molecule has 1 unspecified atom stereocenters. The number of thioether (sulfide) groups is 1. The van der Waals surface area contributed by atoms with Crippen LogP contribution in [-0.4, -0.2) is 51.9 Å². The lowest BCUT2D eigenvalue weighted by molar-refractivity contribution is -0.148. The van der Waals surface area contributed by atoms with Crippen LogP contribution in [0.15, 0.2) is 22.4 Å². The molecule has 10 heteroatoms. The number of hydrogen-bond acceptors (Lipinski definition) is 8. The number of nitrogens with zero attached hydrogens (tertiary/aromatic N) is 4. The molecule has 0 aliphatic carbocycles. The summed E-state index contributed by atoms with van der Waals surface area (Å²) >= 11 is 6.52. The average Bonchev–Trinajstić information content (AvgIpc) is 3.06. The third kappa shape index (κ3) is 4.75. The molecule has 8 nitrogen and oxygen atoms in total. The molecule has 0 spiro atoms. The highest BCUT2D eigenvalue weighted by Crippen LogP contribution is 2.36. The summed E-state index contributed by atoms with van der Waals surface area (Å²) in [7, 11) is 1.60. The summed E-state index contributed by atoms with van der Waals surface area (Å²) in [6.45, 7) is 8.77. The number of anilines is 1. The van der Waals surface area contributed by atoms with Gasteiger partial charge in [-0.05, 0) is 38.3 Å². The van der Waals surface area contributed by atoms with E-state index in [-0.39, 0.29) is 23.4 Å². The van der Waals surface area contributed by atoms with Gasteiger partial charge in [0.15, 0.2) is 0 Å². The standard InChI is InChI=1S/C23H26N4O4S2/c1-5-9-27-21(29)18(33-23(27)32)11-16-14(3)17(12-24)20(28)25(4)19(16)26-10-7-8-15(13-26)22(30)31-6-2/h5,11,15H,1,6-10,13H2,2-4H3/b18-11+. The molecule has 33 heavy (non-hydrogen) atoms. The topological polar surface area (TPSA) is 95.6 Å². The number of amides is 1. The summed E-state index contributed by atoms with van der Waals surface area (Å²) in [6, 6.07) is 2.00. The molecular weight excluding hydrogens is 460 g/mol. The highest BCUT2D eigenvalue weighted by atomic mass is 32.2. The Labute approximate surface area is 202 Å². The number of carbonyl (C=O) groups excluding carboxylic acids is 2. The van der Waals surface area contributed by atoms with Crippen molar-refractivity contribution in [1.29, 1.82) is 5.26 Å². The van der Waals surface area contributed by atoms with Gasteiger partial charge in [0.1, 0.15) is 21.8 Å². The van der Waals surface area contributed by atoms with Crippen LogP contribution in [0, 0.1) is 24.2 Å². The second-order valence-corrected chi connectivity index (χ2v) is 9.51. The molecule has 0 saturated carbocycles. The second-order valence-electron chi connectivity index (χ2n) is 7.83. The van der Waals surface area contributed by atoms with Crippen molar-refractivity contribution in [2.24, 2.45) is 13.0 Å². The first kappa shape index (κ1) is 24.7. The van der Waals surface area contributed by atoms with Gasteiger partial charge in [0.05, 0.1) is 17.4 Å². The summed E-state index contributed by atoms with van der Waals surface area (Å²) in [4.78, 5) is 42.1. The zero-order chi connectivity index (χ0) is 24.3. The summed E-state index contributed by atoms with van der Waals surface area (Å²) in [5.41, 5.74) is 0.688. The van der Waals surface area contributed by atoms with E-state index >= 15 is 0 Å². The highest BCUT2D eigenvalue weighted by molar-refractivity contribution is 8.26. The summed E-state index contributed by atoms with van der Waals surface area (Å²) in [5, 5.41) is 9.62. The van der Waals surface area contributed by atoms with E-state index in [2.05, 4.69) is 6.58 Å². The van der Waals surface area contributed by atoms with E-state index in [1.807, 2.05) is 11.0 Å². The first-order valence-corrected chi connectivity index (χ1v) is 11.9. The van der Waals surface area contributed by atoms with E-state index in [1.54, 1.807) is 33.0 Å². The Morgan fingerprint density at radius 1 is 1.42 bits per heavy atom. The number of thiocarbonyl (C=S) groups is 1. The minimum Gasteiger partial charge on any atom is -0.466 e. The van der Waals surface area contributed by atoms with Crippen LogP contribution >= 0.6 is 24.0 Å². The van der Waals surface area contributed by atoms with Crippen LogP contribution < -0.4 is 10.5 Å². The maximum Gasteiger partial charge on any atom is 0.310 e. The predicted molar refractivity (Wildman–Crippen MR) is 133 cm³/mol. The van der Waals surface area contributed by atoms with Crippen molar-refractivity contribution < 1.29 is 14.3 Å². The maximum atomic E-state index is 12.9. The SMILES string of the molecule is C=CCN1C(=O)/C(=C\c2c(C)c(C#N)c(=O)n(C)c2N2CCCC(C(=O)OCC)C2)SC1=S. The molecule has 3 rings (SSSR count). The Morgan fingerprint density at radius 3 is 2.79 bits per heavy atom. The maximum absolute atomic E-state index is 12.9. The van der Waals surface area contributed by atoms with Crippen LogP contribution in [0.5, 0.6) is 0 Å². The van der Waals surface area contributed by atoms with Crippen molar-refractivity contribution in [1.82, 2.24) is 9.47 Å². The molecule has 3 heterocycles. The molecule has 1 amide bonds. The Hall–Kier alpha value is -2.90. The van der Waals surface area contributed by atoms with Crippen molar-refractivity contribution in [2.75, 3.05) is 31.1 Å². The van der Waals surface area contributed by atoms with Crippen molar-refractivity contribution in [3.8, 4) is 6.07 Å². The zero-order valence-electron chi connectivity index (χ0n) is 18.9. The average molecular weight is 487 g/mol. The third-order valence-electron chi connectivity index (χ3n) is 5.77. The normalized spacial score (nSPS) is 19.7. The summed E-state index contributed by atoms with van der Waals surface area (Å²) in [6.07, 6.45) is 4.75. The van der Waals surface area contributed by atoms with Crippen molar-refractivity contribution in [2.45, 2.75) is 26.7 Å². The van der Waals surface area contributed by atoms with Gasteiger partial charge >= 0.3 is 5.97 Å². The van der Waals surface area contributed by atoms with Gasteiger partial charge in [-0.2, -0.15) is 5.26 Å². The van der Waals surface area contributed by atoms with Crippen LogP contribution in [0.3, 0.4) is 0 Å². The number of pyridine rings is 1. The van der Waals surface area contributed by atoms with E-state index < -0.39 is 5.56 Å². The van der Waals surface area contributed by atoms with Gasteiger partial charge in [-0.25, -0.2) is 0 Å². The largest absolute Gasteiger partial charge is 0.466 e. The van der Waals surface area contributed by atoms with Crippen LogP contribution in [-0.2, 0) is 21.4 Å². The van der Waals surface area contributed by atoms with Gasteiger partial charge in [0.2, 0.25) is 0 Å². The minimum absolute atomic E-state index is 0.0213. The third-order valence-corrected chi connectivity index (χ3v) is 7.15. The lowest BCUT2D eigenvalue weighted by Gasteiger charge is -2.35. The zero-order valence-corrected chi connectivity index (χ0v) is 20.6. The van der Waals surface area contributed by atoms with Gasteiger partial charge in [-0.3, -0.25) is 23.9 Å². The lowest BCUT2D eigenvalue weighted by atomic mass is 9.96. The predicted octanol–water partition coefficient (Wildman–Crippen LogP) is 2.73. The van der Waals surface area contributed by atoms with E-state index in [0.717, 1.165) is 6.42 Å². The van der Waals surface area contributed by atoms with E-state index in [0.29, 0.717) is 58.8 Å². The molecule has 0 radical (unpaired) electrons. The van der Waals surface area contributed by atoms with Gasteiger partial charge in [-0.1, -0.05) is 30.1 Å². The van der Waals surface area contributed by atoms with Crippen LogP contribution in [0.2, 0.25) is 0 Å². The van der Waals surface area contributed by atoms with Crippen molar-refractivity contribution in [3.05, 3.63) is 44.6 Å². The highest BCUT2D eigenvalue weighted by Gasteiger charge is 2.34. The number of esters is 1. The Morgan fingerprint density at radius 2 is 2.15 bits per heavy atom. The second kappa shape index (κ2) is 10.4. The molecule has 2 fully saturated rings. The number of hydrogen-bond donors (Lipinski definition) is 0. The number of carbonyl (C=O) groups is 2. The number of rotatable bonds is 6. The number of piperidine rings is 1. The van der Waals surface area contributed by atoms with Crippen molar-refractivity contribution >= 4 is 52.1 Å². The number of nitriles is 1. The van der Waals surface area contributed by atoms with Crippen LogP contribution in [0.4, 0.5) is 5.82 Å². The van der Waals surface area contributed by atoms with Crippen LogP contribution in [0.25, 0.3) is 6.08 Å². The molecule has 2 saturated heterocycles. The van der Waals surface area contributed by atoms with E-state index in [9.17, 15) is 19.6 Å².